The molecule has 16 heavy (non-hydrogen) atoms. The van der Waals surface area contributed by atoms with Crippen molar-refractivity contribution in [3.05, 3.63) is 0 Å². The second kappa shape index (κ2) is 5.54. The molecular weight excluding hydrogens is 220 g/mol. The quantitative estimate of drug-likeness (QED) is 0.787. The lowest BCUT2D eigenvalue weighted by Gasteiger charge is -2.38. The van der Waals surface area contributed by atoms with E-state index in [0.29, 0.717) is 0 Å². The van der Waals surface area contributed by atoms with E-state index in [-0.39, 0.29) is 19.1 Å². The number of likely N-dealkylation sites (tertiary alicyclic amines) is 1. The first-order chi connectivity index (χ1) is 7.41. The first-order valence-corrected chi connectivity index (χ1v) is 5.27. The molecule has 0 bridgehead atoms. The minimum Gasteiger partial charge on any atom is -0.480 e. The number of aliphatic carboxylic acids is 1. The second-order valence-electron chi connectivity index (χ2n) is 4.25. The Morgan fingerprint density at radius 3 is 2.31 bits per heavy atom. The van der Waals surface area contributed by atoms with Gasteiger partial charge in [-0.1, -0.05) is 0 Å². The van der Waals surface area contributed by atoms with Crippen LogP contribution in [-0.4, -0.2) is 60.2 Å². The normalized spacial score (nSPS) is 31.9. The number of nitrogens with zero attached hydrogens (tertiary/aromatic N) is 1. The Bertz CT molecular complexity index is 238. The van der Waals surface area contributed by atoms with E-state index in [1.807, 2.05) is 13.8 Å². The van der Waals surface area contributed by atoms with Crippen LogP contribution in [0.15, 0.2) is 0 Å². The van der Waals surface area contributed by atoms with Gasteiger partial charge in [-0.05, 0) is 13.8 Å². The predicted molar refractivity (Wildman–Crippen MR) is 53.9 cm³/mol. The van der Waals surface area contributed by atoms with E-state index in [0.717, 1.165) is 0 Å². The fraction of sp³-hybridized carbons (Fsp3) is 0.900. The highest BCUT2D eigenvalue weighted by atomic mass is 19.1. The van der Waals surface area contributed by atoms with E-state index >= 15 is 0 Å². The zero-order valence-electron chi connectivity index (χ0n) is 9.40. The average Bonchev–Trinajstić information content (AvgIpc) is 2.15. The molecule has 4 nitrogen and oxygen atoms in total. The van der Waals surface area contributed by atoms with E-state index in [1.54, 1.807) is 4.90 Å². The molecule has 0 amide bonds. The summed E-state index contributed by atoms with van der Waals surface area (Å²) in [6, 6.07) is 0.0666. The molecule has 2 atom stereocenters. The third-order valence-corrected chi connectivity index (χ3v) is 2.66. The number of carboxylic acid groups (broad SMARTS) is 1. The van der Waals surface area contributed by atoms with Crippen molar-refractivity contribution in [1.29, 1.82) is 0 Å². The van der Waals surface area contributed by atoms with Crippen LogP contribution < -0.4 is 0 Å². The third kappa shape index (κ3) is 3.38. The highest BCUT2D eigenvalue weighted by molar-refractivity contribution is 5.68. The van der Waals surface area contributed by atoms with Crippen molar-refractivity contribution in [3.8, 4) is 0 Å². The Morgan fingerprint density at radius 1 is 1.44 bits per heavy atom. The largest absolute Gasteiger partial charge is 0.480 e. The Hall–Kier alpha value is -0.750. The second-order valence-corrected chi connectivity index (χ2v) is 4.25. The summed E-state index contributed by atoms with van der Waals surface area (Å²) in [5.74, 6) is -1.22. The van der Waals surface area contributed by atoms with Crippen molar-refractivity contribution in [2.24, 2.45) is 0 Å². The van der Waals surface area contributed by atoms with Gasteiger partial charge < -0.3 is 9.84 Å². The molecule has 6 heteroatoms. The van der Waals surface area contributed by atoms with Gasteiger partial charge in [-0.2, -0.15) is 0 Å². The number of hydrogen-bond donors (Lipinski definition) is 1. The van der Waals surface area contributed by atoms with Gasteiger partial charge in [-0.3, -0.25) is 4.90 Å². The third-order valence-electron chi connectivity index (χ3n) is 2.66. The summed E-state index contributed by atoms with van der Waals surface area (Å²) in [5.41, 5.74) is 0. The summed E-state index contributed by atoms with van der Waals surface area (Å²) < 4.78 is 31.8. The maximum Gasteiger partial charge on any atom is 0.329 e. The summed E-state index contributed by atoms with van der Waals surface area (Å²) in [5, 5.41) is 8.38. The summed E-state index contributed by atoms with van der Waals surface area (Å²) in [6.07, 6.45) is -4.22. The summed E-state index contributed by atoms with van der Waals surface area (Å²) in [6.45, 7) is 3.23. The van der Waals surface area contributed by atoms with Crippen molar-refractivity contribution >= 4 is 5.97 Å². The van der Waals surface area contributed by atoms with Crippen LogP contribution in [0.25, 0.3) is 0 Å². The van der Waals surface area contributed by atoms with Crippen molar-refractivity contribution < 1.29 is 23.4 Å². The first-order valence-electron chi connectivity index (χ1n) is 5.27. The van der Waals surface area contributed by atoms with Crippen LogP contribution in [-0.2, 0) is 9.53 Å². The lowest BCUT2D eigenvalue weighted by atomic mass is 10.0. The van der Waals surface area contributed by atoms with Crippen molar-refractivity contribution in [2.75, 3.05) is 19.7 Å². The number of rotatable bonds is 4. The van der Waals surface area contributed by atoms with Gasteiger partial charge in [0.25, 0.3) is 0 Å². The topological polar surface area (TPSA) is 49.8 Å². The van der Waals surface area contributed by atoms with Gasteiger partial charge in [0.15, 0.2) is 0 Å². The minimum absolute atomic E-state index is 0.0666. The Morgan fingerprint density at radius 2 is 1.94 bits per heavy atom. The fourth-order valence-electron chi connectivity index (χ4n) is 1.75. The van der Waals surface area contributed by atoms with Crippen molar-refractivity contribution in [2.45, 2.75) is 38.3 Å². The van der Waals surface area contributed by atoms with Gasteiger partial charge >= 0.3 is 5.97 Å². The summed E-state index contributed by atoms with van der Waals surface area (Å²) in [4.78, 5) is 11.9. The Labute approximate surface area is 93.2 Å². The number of carbonyl (C=O) groups is 1. The lowest BCUT2D eigenvalue weighted by Crippen LogP contribution is -2.55. The molecular formula is C10H17F2NO3. The highest BCUT2D eigenvalue weighted by Gasteiger charge is 2.39. The molecule has 0 aliphatic carbocycles. The number of halogens is 2. The number of ether oxygens (including phenoxy) is 1. The van der Waals surface area contributed by atoms with Crippen LogP contribution in [0.3, 0.4) is 0 Å². The fourth-order valence-corrected chi connectivity index (χ4v) is 1.75. The Balaban J connectivity index is 2.51. The smallest absolute Gasteiger partial charge is 0.329 e. The molecule has 2 unspecified atom stereocenters. The lowest BCUT2D eigenvalue weighted by molar-refractivity contribution is -0.152. The maximum absolute atomic E-state index is 13.6. The number of carboxylic acids is 1. The molecule has 1 saturated heterocycles. The van der Waals surface area contributed by atoms with Gasteiger partial charge in [0, 0.05) is 19.1 Å². The number of alkyl halides is 2. The zero-order valence-corrected chi connectivity index (χ0v) is 9.40. The van der Waals surface area contributed by atoms with Crippen LogP contribution in [0.4, 0.5) is 8.78 Å². The van der Waals surface area contributed by atoms with Gasteiger partial charge in [0.1, 0.15) is 25.1 Å². The van der Waals surface area contributed by atoms with Crippen LogP contribution in [0.5, 0.6) is 0 Å². The van der Waals surface area contributed by atoms with E-state index in [2.05, 4.69) is 0 Å². The van der Waals surface area contributed by atoms with Gasteiger partial charge in [-0.25, -0.2) is 13.6 Å². The molecule has 0 radical (unpaired) electrons. The molecule has 0 aromatic heterocycles. The molecule has 1 aliphatic heterocycles. The predicted octanol–water partition coefficient (Wildman–Crippen LogP) is 0.856. The van der Waals surface area contributed by atoms with Crippen molar-refractivity contribution in [3.63, 3.8) is 0 Å². The average molecular weight is 237 g/mol. The van der Waals surface area contributed by atoms with E-state index in [1.165, 1.54) is 0 Å². The molecule has 0 saturated carbocycles. The minimum atomic E-state index is -1.48. The van der Waals surface area contributed by atoms with E-state index < -0.39 is 31.0 Å². The van der Waals surface area contributed by atoms with E-state index in [9.17, 15) is 13.6 Å². The van der Waals surface area contributed by atoms with Crippen LogP contribution >= 0.6 is 0 Å². The number of hydrogen-bond acceptors (Lipinski definition) is 3. The summed E-state index contributed by atoms with van der Waals surface area (Å²) in [7, 11) is 0. The molecule has 1 aliphatic rings. The standard InChI is InChI=1S/C10H17F2NO3/c1-6(2)13-3-7(11)10(8(12)4-13)16-5-9(14)15/h6-8,10H,3-5H2,1-2H3,(H,14,15). The van der Waals surface area contributed by atoms with Crippen molar-refractivity contribution in [1.82, 2.24) is 4.90 Å². The maximum atomic E-state index is 13.6. The molecule has 0 spiro atoms. The molecule has 0 aromatic rings. The molecule has 0 aromatic carbocycles. The molecule has 1 rings (SSSR count). The first kappa shape index (κ1) is 13.3. The van der Waals surface area contributed by atoms with Crippen LogP contribution in [0, 0.1) is 0 Å². The van der Waals surface area contributed by atoms with Gasteiger partial charge in [0.05, 0.1) is 0 Å². The molecule has 1 heterocycles. The van der Waals surface area contributed by atoms with E-state index in [4.69, 9.17) is 9.84 Å². The van der Waals surface area contributed by atoms with Crippen LogP contribution in [0.2, 0.25) is 0 Å². The SMILES string of the molecule is CC(C)N1CC(F)C(OCC(=O)O)C(F)C1. The zero-order chi connectivity index (χ0) is 12.3. The van der Waals surface area contributed by atoms with Gasteiger partial charge in [0.2, 0.25) is 0 Å². The highest BCUT2D eigenvalue weighted by Crippen LogP contribution is 2.21. The summed E-state index contributed by atoms with van der Waals surface area (Å²) >= 11 is 0. The molecule has 94 valence electrons. The number of piperidine rings is 1. The monoisotopic (exact) mass is 237 g/mol. The molecule has 1 fully saturated rings. The van der Waals surface area contributed by atoms with Gasteiger partial charge in [-0.15, -0.1) is 0 Å². The van der Waals surface area contributed by atoms with Crippen LogP contribution in [0.1, 0.15) is 13.8 Å². The Kier molecular flexibility index (Phi) is 4.61. The molecule has 1 N–H and O–H groups in total.